The van der Waals surface area contributed by atoms with Crippen molar-refractivity contribution in [1.82, 2.24) is 0 Å². The van der Waals surface area contributed by atoms with Gasteiger partial charge in [0.15, 0.2) is 0 Å². The number of carboxylic acid groups (broad SMARTS) is 1. The Morgan fingerprint density at radius 3 is 2.78 bits per heavy atom. The number of halogens is 1. The molecule has 0 rings (SSSR count). The fraction of sp³-hybridized carbons (Fsp3) is 0.500. The summed E-state index contributed by atoms with van der Waals surface area (Å²) in [6.45, 7) is -0.385. The van der Waals surface area contributed by atoms with Crippen LogP contribution in [-0.2, 0) is 4.79 Å². The summed E-state index contributed by atoms with van der Waals surface area (Å²) in [6, 6.07) is 0. The predicted molar refractivity (Wildman–Crippen MR) is 32.0 cm³/mol. The molecule has 0 fully saturated rings. The number of rotatable bonds is 4. The molecule has 0 aliphatic carbocycles. The quantitative estimate of drug-likeness (QED) is 0.463. The van der Waals surface area contributed by atoms with Crippen molar-refractivity contribution in [3.8, 4) is 0 Å². The van der Waals surface area contributed by atoms with Crippen LogP contribution >= 0.6 is 0 Å². The minimum atomic E-state index is -0.978. The van der Waals surface area contributed by atoms with Crippen LogP contribution < -0.4 is 0 Å². The number of alkyl halides is 1. The Hall–Kier alpha value is -0.860. The van der Waals surface area contributed by atoms with Gasteiger partial charge >= 0.3 is 5.97 Å². The van der Waals surface area contributed by atoms with Crippen LogP contribution in [0.2, 0.25) is 0 Å². The number of carbonyl (C=O) groups is 1. The highest BCUT2D eigenvalue weighted by Crippen LogP contribution is 1.90. The third kappa shape index (κ3) is 7.14. The molecule has 0 saturated heterocycles. The zero-order chi connectivity index (χ0) is 7.11. The number of aliphatic carboxylic acids is 1. The second kappa shape index (κ2) is 5.28. The molecule has 0 amide bonds. The largest absolute Gasteiger partial charge is 0.478 e. The molecule has 0 bridgehead atoms. The zero-order valence-corrected chi connectivity index (χ0v) is 5.01. The van der Waals surface area contributed by atoms with Gasteiger partial charge < -0.3 is 5.11 Å². The third-order valence-electron chi connectivity index (χ3n) is 0.765. The van der Waals surface area contributed by atoms with E-state index >= 15 is 0 Å². The summed E-state index contributed by atoms with van der Waals surface area (Å²) in [5.41, 5.74) is 0. The summed E-state index contributed by atoms with van der Waals surface area (Å²) < 4.78 is 11.3. The van der Waals surface area contributed by atoms with E-state index in [1.807, 2.05) is 0 Å². The van der Waals surface area contributed by atoms with Crippen molar-refractivity contribution >= 4 is 5.97 Å². The summed E-state index contributed by atoms with van der Waals surface area (Å²) in [7, 11) is 0. The van der Waals surface area contributed by atoms with E-state index in [1.165, 1.54) is 6.08 Å². The van der Waals surface area contributed by atoms with Crippen LogP contribution in [0.25, 0.3) is 0 Å². The molecule has 0 saturated carbocycles. The maximum Gasteiger partial charge on any atom is 0.327 e. The van der Waals surface area contributed by atoms with Crippen molar-refractivity contribution in [1.29, 1.82) is 0 Å². The summed E-state index contributed by atoms with van der Waals surface area (Å²) >= 11 is 0. The normalized spacial score (nSPS) is 10.3. The molecule has 0 aliphatic rings. The molecule has 0 aromatic rings. The van der Waals surface area contributed by atoms with E-state index < -0.39 is 5.97 Å². The smallest absolute Gasteiger partial charge is 0.327 e. The van der Waals surface area contributed by atoms with Gasteiger partial charge in [-0.3, -0.25) is 4.39 Å². The molecule has 0 spiro atoms. The van der Waals surface area contributed by atoms with E-state index in [9.17, 15) is 9.18 Å². The molecule has 0 radical (unpaired) electrons. The molecule has 2 nitrogen and oxygen atoms in total. The molecule has 52 valence electrons. The Balaban J connectivity index is 3.15. The lowest BCUT2D eigenvalue weighted by molar-refractivity contribution is -0.131. The molecule has 0 atom stereocenters. The molecule has 0 unspecified atom stereocenters. The van der Waals surface area contributed by atoms with Gasteiger partial charge in [-0.25, -0.2) is 4.79 Å². The maximum absolute atomic E-state index is 11.3. The SMILES string of the molecule is O=C(O)C=CCCCF. The minimum Gasteiger partial charge on any atom is -0.478 e. The Morgan fingerprint density at radius 1 is 1.67 bits per heavy atom. The van der Waals surface area contributed by atoms with Gasteiger partial charge in [-0.05, 0) is 12.8 Å². The highest BCUT2D eigenvalue weighted by molar-refractivity contribution is 5.79. The fourth-order valence-electron chi connectivity index (χ4n) is 0.379. The first-order valence-electron chi connectivity index (χ1n) is 2.73. The zero-order valence-electron chi connectivity index (χ0n) is 5.01. The molecule has 1 N–H and O–H groups in total. The first-order chi connectivity index (χ1) is 4.27. The maximum atomic E-state index is 11.3. The van der Waals surface area contributed by atoms with Gasteiger partial charge in [0.2, 0.25) is 0 Å². The second-order valence-corrected chi connectivity index (χ2v) is 1.57. The van der Waals surface area contributed by atoms with E-state index in [1.54, 1.807) is 0 Å². The molecule has 9 heavy (non-hydrogen) atoms. The highest BCUT2D eigenvalue weighted by atomic mass is 19.1. The van der Waals surface area contributed by atoms with Gasteiger partial charge in [-0.15, -0.1) is 0 Å². The average molecular weight is 132 g/mol. The van der Waals surface area contributed by atoms with Crippen molar-refractivity contribution in [2.24, 2.45) is 0 Å². The van der Waals surface area contributed by atoms with Gasteiger partial charge in [0.25, 0.3) is 0 Å². The van der Waals surface area contributed by atoms with Crippen LogP contribution in [0.5, 0.6) is 0 Å². The van der Waals surface area contributed by atoms with E-state index in [2.05, 4.69) is 0 Å². The first kappa shape index (κ1) is 8.14. The van der Waals surface area contributed by atoms with Crippen LogP contribution in [0.1, 0.15) is 12.8 Å². The second-order valence-electron chi connectivity index (χ2n) is 1.57. The van der Waals surface area contributed by atoms with Crippen molar-refractivity contribution in [2.45, 2.75) is 12.8 Å². The summed E-state index contributed by atoms with van der Waals surface area (Å²) in [5.74, 6) is -0.978. The monoisotopic (exact) mass is 132 g/mol. The fourth-order valence-corrected chi connectivity index (χ4v) is 0.379. The lowest BCUT2D eigenvalue weighted by Crippen LogP contribution is -1.85. The number of allylic oxidation sites excluding steroid dienone is 1. The molecule has 3 heteroatoms. The molecular weight excluding hydrogens is 123 g/mol. The van der Waals surface area contributed by atoms with E-state index in [-0.39, 0.29) is 6.67 Å². The summed E-state index contributed by atoms with van der Waals surface area (Å²) in [4.78, 5) is 9.78. The van der Waals surface area contributed by atoms with Gasteiger partial charge in [0, 0.05) is 6.08 Å². The van der Waals surface area contributed by atoms with Gasteiger partial charge in [0.05, 0.1) is 6.67 Å². The Bertz CT molecular complexity index is 110. The third-order valence-corrected chi connectivity index (χ3v) is 0.765. The van der Waals surface area contributed by atoms with E-state index in [0.717, 1.165) is 6.08 Å². The lowest BCUT2D eigenvalue weighted by atomic mass is 10.3. The van der Waals surface area contributed by atoms with Crippen LogP contribution in [0.4, 0.5) is 4.39 Å². The summed E-state index contributed by atoms with van der Waals surface area (Å²) in [5, 5.41) is 8.03. The topological polar surface area (TPSA) is 37.3 Å². The van der Waals surface area contributed by atoms with Crippen LogP contribution in [0.15, 0.2) is 12.2 Å². The van der Waals surface area contributed by atoms with Gasteiger partial charge in [0.1, 0.15) is 0 Å². The molecule has 0 aromatic carbocycles. The Kier molecular flexibility index (Phi) is 4.78. The van der Waals surface area contributed by atoms with Crippen LogP contribution in [-0.4, -0.2) is 17.8 Å². The minimum absolute atomic E-state index is 0.385. The highest BCUT2D eigenvalue weighted by Gasteiger charge is 1.84. The van der Waals surface area contributed by atoms with Crippen molar-refractivity contribution in [3.05, 3.63) is 12.2 Å². The Morgan fingerprint density at radius 2 is 2.33 bits per heavy atom. The molecular formula is C6H9FO2. The van der Waals surface area contributed by atoms with Crippen molar-refractivity contribution in [3.63, 3.8) is 0 Å². The lowest BCUT2D eigenvalue weighted by Gasteiger charge is -1.83. The predicted octanol–water partition coefficient (Wildman–Crippen LogP) is 1.38. The first-order valence-corrected chi connectivity index (χ1v) is 2.73. The number of hydrogen-bond acceptors (Lipinski definition) is 1. The van der Waals surface area contributed by atoms with E-state index in [0.29, 0.717) is 12.8 Å². The Labute approximate surface area is 53.0 Å². The molecule has 0 aliphatic heterocycles. The number of carboxylic acids is 1. The van der Waals surface area contributed by atoms with Crippen molar-refractivity contribution < 1.29 is 14.3 Å². The molecule has 0 aromatic heterocycles. The average Bonchev–Trinajstić information content (AvgIpc) is 1.80. The van der Waals surface area contributed by atoms with Crippen LogP contribution in [0, 0.1) is 0 Å². The van der Waals surface area contributed by atoms with Crippen molar-refractivity contribution in [2.75, 3.05) is 6.67 Å². The summed E-state index contributed by atoms with van der Waals surface area (Å²) in [6.07, 6.45) is 3.38. The van der Waals surface area contributed by atoms with Gasteiger partial charge in [-0.1, -0.05) is 6.08 Å². The number of hydrogen-bond donors (Lipinski definition) is 1. The number of unbranched alkanes of at least 4 members (excludes halogenated alkanes) is 1. The van der Waals surface area contributed by atoms with Crippen LogP contribution in [0.3, 0.4) is 0 Å². The molecule has 0 heterocycles. The standard InChI is InChI=1S/C6H9FO2/c7-5-3-1-2-4-6(8)9/h2,4H,1,3,5H2,(H,8,9). The van der Waals surface area contributed by atoms with Gasteiger partial charge in [-0.2, -0.15) is 0 Å². The van der Waals surface area contributed by atoms with E-state index in [4.69, 9.17) is 5.11 Å².